The molecular weight excluding hydrogens is 573 g/mol. The van der Waals surface area contributed by atoms with Crippen LogP contribution in [0.25, 0.3) is 22.0 Å². The predicted molar refractivity (Wildman–Crippen MR) is 154 cm³/mol. The largest absolute Gasteiger partial charge is 0.467 e. The molecule has 2 N–H and O–H groups in total. The van der Waals surface area contributed by atoms with E-state index in [9.17, 15) is 22.8 Å². The molecule has 1 aliphatic rings. The van der Waals surface area contributed by atoms with E-state index in [4.69, 9.17) is 10.5 Å². The van der Waals surface area contributed by atoms with Crippen molar-refractivity contribution in [2.24, 2.45) is 17.6 Å². The van der Waals surface area contributed by atoms with E-state index in [0.717, 1.165) is 42.8 Å². The number of ether oxygens (including phenoxy) is 1. The minimum absolute atomic E-state index is 0.0660. The van der Waals surface area contributed by atoms with Gasteiger partial charge in [-0.15, -0.1) is 11.8 Å². The molecule has 12 heteroatoms. The molecule has 226 valence electrons. The first-order valence-corrected chi connectivity index (χ1v) is 14.7. The van der Waals surface area contributed by atoms with Gasteiger partial charge in [0.2, 0.25) is 0 Å². The highest BCUT2D eigenvalue weighted by atomic mass is 32.2. The SMILES string of the molecule is CCN(c1nc(OC)nc2c(F)c(-c3ccc(F)c4c3C(C#N)C(N)S4)c(C(F)(F)F)cc12)C(CCC(C)C)C(C)C. The average Bonchev–Trinajstić information content (AvgIpc) is 3.27. The Morgan fingerprint density at radius 3 is 2.38 bits per heavy atom. The van der Waals surface area contributed by atoms with Gasteiger partial charge >= 0.3 is 12.2 Å². The Morgan fingerprint density at radius 2 is 1.83 bits per heavy atom. The summed E-state index contributed by atoms with van der Waals surface area (Å²) < 4.78 is 81.0. The predicted octanol–water partition coefficient (Wildman–Crippen LogP) is 7.89. The first-order chi connectivity index (χ1) is 19.7. The molecular formula is C30H34F5N5OS. The molecule has 0 fully saturated rings. The first-order valence-electron chi connectivity index (χ1n) is 13.8. The second-order valence-corrected chi connectivity index (χ2v) is 12.3. The maximum Gasteiger partial charge on any atom is 0.417 e. The van der Waals surface area contributed by atoms with E-state index >= 15 is 4.39 Å². The van der Waals surface area contributed by atoms with Crippen LogP contribution < -0.4 is 15.4 Å². The zero-order valence-corrected chi connectivity index (χ0v) is 25.1. The Balaban J connectivity index is 2.09. The molecule has 4 rings (SSSR count). The van der Waals surface area contributed by atoms with E-state index in [0.29, 0.717) is 12.5 Å². The van der Waals surface area contributed by atoms with Crippen molar-refractivity contribution in [2.75, 3.05) is 18.6 Å². The van der Waals surface area contributed by atoms with Crippen LogP contribution in [-0.2, 0) is 6.18 Å². The van der Waals surface area contributed by atoms with Gasteiger partial charge in [0, 0.05) is 28.4 Å². The van der Waals surface area contributed by atoms with Crippen LogP contribution in [0.3, 0.4) is 0 Å². The Bertz CT molecular complexity index is 1520. The molecule has 42 heavy (non-hydrogen) atoms. The monoisotopic (exact) mass is 607 g/mol. The number of hydrogen-bond acceptors (Lipinski definition) is 7. The van der Waals surface area contributed by atoms with Gasteiger partial charge < -0.3 is 15.4 Å². The number of halogens is 5. The van der Waals surface area contributed by atoms with Gasteiger partial charge in [0.1, 0.15) is 17.2 Å². The van der Waals surface area contributed by atoms with E-state index in [1.807, 2.05) is 31.7 Å². The zero-order chi connectivity index (χ0) is 31.1. The molecule has 0 amide bonds. The first kappa shape index (κ1) is 31.8. The van der Waals surface area contributed by atoms with Crippen molar-refractivity contribution in [3.8, 4) is 23.2 Å². The molecule has 0 saturated carbocycles. The lowest BCUT2D eigenvalue weighted by atomic mass is 9.87. The van der Waals surface area contributed by atoms with Crippen molar-refractivity contribution >= 4 is 28.5 Å². The lowest BCUT2D eigenvalue weighted by Gasteiger charge is -2.36. The Kier molecular flexibility index (Phi) is 9.23. The van der Waals surface area contributed by atoms with Crippen molar-refractivity contribution < 1.29 is 26.7 Å². The lowest BCUT2D eigenvalue weighted by Crippen LogP contribution is -2.40. The second-order valence-electron chi connectivity index (χ2n) is 11.1. The van der Waals surface area contributed by atoms with Crippen molar-refractivity contribution in [2.45, 2.75) is 75.9 Å². The molecule has 1 aromatic heterocycles. The third-order valence-electron chi connectivity index (χ3n) is 7.65. The Morgan fingerprint density at radius 1 is 1.14 bits per heavy atom. The zero-order valence-electron chi connectivity index (χ0n) is 24.3. The fraction of sp³-hybridized carbons (Fsp3) is 0.500. The van der Waals surface area contributed by atoms with Gasteiger partial charge in [0.05, 0.1) is 30.0 Å². The summed E-state index contributed by atoms with van der Waals surface area (Å²) in [6.45, 7) is 10.5. The van der Waals surface area contributed by atoms with Gasteiger partial charge in [-0.3, -0.25) is 0 Å². The number of anilines is 1. The fourth-order valence-electron chi connectivity index (χ4n) is 5.61. The van der Waals surface area contributed by atoms with Crippen LogP contribution in [-0.4, -0.2) is 35.0 Å². The maximum absolute atomic E-state index is 16.6. The van der Waals surface area contributed by atoms with E-state index in [1.54, 1.807) is 0 Å². The van der Waals surface area contributed by atoms with Gasteiger partial charge in [0.15, 0.2) is 5.82 Å². The summed E-state index contributed by atoms with van der Waals surface area (Å²) in [5, 5.41) is 8.71. The number of thioether (sulfide) groups is 1. The number of fused-ring (bicyclic) bond motifs is 2. The Labute approximate surface area is 246 Å². The molecule has 3 unspecified atom stereocenters. The van der Waals surface area contributed by atoms with Crippen LogP contribution in [0.15, 0.2) is 23.1 Å². The topological polar surface area (TPSA) is 88.1 Å². The highest BCUT2D eigenvalue weighted by Crippen LogP contribution is 2.52. The number of nitrogens with two attached hydrogens (primary N) is 1. The van der Waals surface area contributed by atoms with Crippen LogP contribution >= 0.6 is 11.8 Å². The molecule has 2 heterocycles. The molecule has 0 bridgehead atoms. The number of aromatic nitrogens is 2. The second kappa shape index (κ2) is 12.2. The van der Waals surface area contributed by atoms with Gasteiger partial charge in [-0.1, -0.05) is 33.8 Å². The van der Waals surface area contributed by atoms with Gasteiger partial charge in [-0.05, 0) is 54.9 Å². The Hall–Kier alpha value is -3.17. The van der Waals surface area contributed by atoms with E-state index < -0.39 is 40.2 Å². The molecule has 2 aromatic carbocycles. The quantitative estimate of drug-likeness (QED) is 0.248. The third-order valence-corrected chi connectivity index (χ3v) is 8.85. The highest BCUT2D eigenvalue weighted by molar-refractivity contribution is 8.00. The molecule has 3 aromatic rings. The number of methoxy groups -OCH3 is 1. The summed E-state index contributed by atoms with van der Waals surface area (Å²) in [5.41, 5.74) is 3.23. The van der Waals surface area contributed by atoms with Crippen molar-refractivity contribution in [1.82, 2.24) is 9.97 Å². The summed E-state index contributed by atoms with van der Waals surface area (Å²) in [6, 6.07) is 4.52. The number of benzene rings is 2. The van der Waals surface area contributed by atoms with Crippen LogP contribution in [0, 0.1) is 34.8 Å². The number of nitrogens with zero attached hydrogens (tertiary/aromatic N) is 4. The van der Waals surface area contributed by atoms with E-state index in [1.165, 1.54) is 7.11 Å². The normalized spacial score (nSPS) is 17.5. The van der Waals surface area contributed by atoms with Crippen LogP contribution in [0.5, 0.6) is 6.01 Å². The molecule has 0 saturated heterocycles. The van der Waals surface area contributed by atoms with Crippen molar-refractivity contribution in [3.05, 3.63) is 41.0 Å². The summed E-state index contributed by atoms with van der Waals surface area (Å²) in [7, 11) is 1.30. The number of hydrogen-bond donors (Lipinski definition) is 1. The van der Waals surface area contributed by atoms with Crippen LogP contribution in [0.4, 0.5) is 27.8 Å². The van der Waals surface area contributed by atoms with Crippen molar-refractivity contribution in [3.63, 3.8) is 0 Å². The number of nitriles is 1. The van der Waals surface area contributed by atoms with Crippen LogP contribution in [0.1, 0.15) is 64.5 Å². The van der Waals surface area contributed by atoms with Gasteiger partial charge in [0.25, 0.3) is 0 Å². The van der Waals surface area contributed by atoms with Gasteiger partial charge in [-0.2, -0.15) is 28.4 Å². The minimum Gasteiger partial charge on any atom is -0.467 e. The lowest BCUT2D eigenvalue weighted by molar-refractivity contribution is -0.137. The minimum atomic E-state index is -5.01. The summed E-state index contributed by atoms with van der Waals surface area (Å²) in [5.74, 6) is -2.51. The average molecular weight is 608 g/mol. The number of alkyl halides is 3. The fourth-order valence-corrected chi connectivity index (χ4v) is 6.76. The van der Waals surface area contributed by atoms with E-state index in [2.05, 4.69) is 23.8 Å². The standard InChI is InChI=1S/C30H34F5N5OS/c1-7-40(21(15(4)5)11-8-14(2)3)28-17-12-19(30(33,34)35)23(24(32)25(17)38-29(39-28)41-6)16-9-10-20(31)26-22(16)18(13-36)27(37)42-26/h9-10,12,14-15,18,21,27H,7-8,11,37H2,1-6H3. The van der Waals surface area contributed by atoms with Crippen LogP contribution in [0.2, 0.25) is 0 Å². The molecule has 0 radical (unpaired) electrons. The molecule has 1 aliphatic heterocycles. The van der Waals surface area contributed by atoms with E-state index in [-0.39, 0.29) is 50.7 Å². The number of rotatable bonds is 9. The molecule has 0 aliphatic carbocycles. The summed E-state index contributed by atoms with van der Waals surface area (Å²) in [4.78, 5) is 10.4. The summed E-state index contributed by atoms with van der Waals surface area (Å²) >= 11 is 0.834. The third kappa shape index (κ3) is 5.73. The smallest absolute Gasteiger partial charge is 0.417 e. The molecule has 3 atom stereocenters. The molecule has 6 nitrogen and oxygen atoms in total. The highest BCUT2D eigenvalue weighted by Gasteiger charge is 2.42. The van der Waals surface area contributed by atoms with Gasteiger partial charge in [-0.25, -0.2) is 8.78 Å². The summed E-state index contributed by atoms with van der Waals surface area (Å²) in [6.07, 6.45) is -3.38. The molecule has 0 spiro atoms. The van der Waals surface area contributed by atoms with Crippen molar-refractivity contribution in [1.29, 1.82) is 5.26 Å². The maximum atomic E-state index is 16.6.